The van der Waals surface area contributed by atoms with Crippen LogP contribution in [-0.4, -0.2) is 40.1 Å². The molecule has 5 heteroatoms. The van der Waals surface area contributed by atoms with E-state index >= 15 is 0 Å². The van der Waals surface area contributed by atoms with Gasteiger partial charge in [0.25, 0.3) is 0 Å². The van der Waals surface area contributed by atoms with Crippen LogP contribution < -0.4 is 0 Å². The maximum atomic E-state index is 10.6. The Balaban J connectivity index is 4.87. The Morgan fingerprint density at radius 1 is 1.07 bits per heavy atom. The van der Waals surface area contributed by atoms with Crippen LogP contribution in [0.3, 0.4) is 0 Å². The number of aliphatic carboxylic acids is 2. The Morgan fingerprint density at radius 3 is 1.73 bits per heavy atom. The van der Waals surface area contributed by atoms with Gasteiger partial charge in [-0.15, -0.1) is 13.2 Å². The maximum absolute atomic E-state index is 10.6. The Bertz CT molecular complexity index is 281. The Hall–Kier alpha value is -2.04. The molecule has 0 saturated carbocycles. The van der Waals surface area contributed by atoms with Crippen LogP contribution >= 0.6 is 0 Å². The van der Waals surface area contributed by atoms with Gasteiger partial charge in [0, 0.05) is 19.3 Å². The third-order valence-electron chi connectivity index (χ3n) is 1.50. The molecular weight excluding hydrogens is 198 g/mol. The first-order valence-electron chi connectivity index (χ1n) is 4.17. The van der Waals surface area contributed by atoms with Crippen molar-refractivity contribution in [2.24, 2.45) is 0 Å². The molecule has 0 aromatic heterocycles. The molecule has 0 amide bonds. The molecular formula is C10H13NO4. The maximum Gasteiger partial charge on any atom is 0.344 e. The van der Waals surface area contributed by atoms with Crippen LogP contribution in [0.1, 0.15) is 0 Å². The lowest BCUT2D eigenvalue weighted by atomic mass is 10.3. The van der Waals surface area contributed by atoms with Gasteiger partial charge in [-0.25, -0.2) is 9.59 Å². The summed E-state index contributed by atoms with van der Waals surface area (Å²) in [6.45, 7) is 7.67. The van der Waals surface area contributed by atoms with E-state index in [-0.39, 0.29) is 0 Å². The zero-order valence-corrected chi connectivity index (χ0v) is 8.22. The SMILES string of the molecule is C=CCN(C=C(C(=O)O)C(=O)O)CC=C. The van der Waals surface area contributed by atoms with Gasteiger partial charge in [0.15, 0.2) is 5.57 Å². The molecule has 0 spiro atoms. The minimum atomic E-state index is -1.47. The Labute approximate surface area is 87.6 Å². The first-order chi connectivity index (χ1) is 7.02. The van der Waals surface area contributed by atoms with Crippen molar-refractivity contribution in [3.8, 4) is 0 Å². The van der Waals surface area contributed by atoms with Crippen molar-refractivity contribution >= 4 is 11.9 Å². The molecule has 0 aliphatic carbocycles. The summed E-state index contributed by atoms with van der Waals surface area (Å²) in [5.74, 6) is -2.94. The standard InChI is InChI=1S/C10H13NO4/c1-3-5-11(6-4-2)7-8(9(12)13)10(14)15/h3-4,7H,1-2,5-6H2,(H,12,13)(H,14,15). The van der Waals surface area contributed by atoms with E-state index in [2.05, 4.69) is 13.2 Å². The number of carboxylic acid groups (broad SMARTS) is 2. The largest absolute Gasteiger partial charge is 0.477 e. The third kappa shape index (κ3) is 4.66. The normalized spacial score (nSPS) is 8.80. The number of hydrogen-bond acceptors (Lipinski definition) is 3. The first kappa shape index (κ1) is 13.0. The van der Waals surface area contributed by atoms with Crippen molar-refractivity contribution in [3.63, 3.8) is 0 Å². The number of hydrogen-bond donors (Lipinski definition) is 2. The predicted molar refractivity (Wildman–Crippen MR) is 55.3 cm³/mol. The number of rotatable bonds is 7. The van der Waals surface area contributed by atoms with Crippen LogP contribution in [0.5, 0.6) is 0 Å². The first-order valence-corrected chi connectivity index (χ1v) is 4.17. The van der Waals surface area contributed by atoms with Crippen LogP contribution in [0.25, 0.3) is 0 Å². The highest BCUT2D eigenvalue weighted by atomic mass is 16.4. The van der Waals surface area contributed by atoms with Gasteiger partial charge >= 0.3 is 11.9 Å². The summed E-state index contributed by atoms with van der Waals surface area (Å²) < 4.78 is 0. The summed E-state index contributed by atoms with van der Waals surface area (Å²) in [7, 11) is 0. The molecule has 0 aliphatic rings. The van der Waals surface area contributed by atoms with E-state index < -0.39 is 17.5 Å². The highest BCUT2D eigenvalue weighted by Gasteiger charge is 2.16. The van der Waals surface area contributed by atoms with Crippen molar-refractivity contribution in [2.45, 2.75) is 0 Å². The van der Waals surface area contributed by atoms with E-state index in [4.69, 9.17) is 10.2 Å². The van der Waals surface area contributed by atoms with E-state index in [0.717, 1.165) is 6.20 Å². The molecule has 0 rings (SSSR count). The van der Waals surface area contributed by atoms with E-state index in [1.165, 1.54) is 4.90 Å². The molecule has 0 aliphatic heterocycles. The summed E-state index contributed by atoms with van der Waals surface area (Å²) in [6.07, 6.45) is 4.15. The summed E-state index contributed by atoms with van der Waals surface area (Å²) in [6, 6.07) is 0. The molecule has 0 unspecified atom stereocenters. The molecule has 0 saturated heterocycles. The van der Waals surface area contributed by atoms with Gasteiger partial charge in [-0.2, -0.15) is 0 Å². The molecule has 0 aromatic rings. The molecule has 0 bridgehead atoms. The lowest BCUT2D eigenvalue weighted by Crippen LogP contribution is -2.22. The second kappa shape index (κ2) is 6.42. The average Bonchev–Trinajstić information content (AvgIpc) is 2.13. The van der Waals surface area contributed by atoms with Gasteiger partial charge in [-0.1, -0.05) is 12.2 Å². The number of nitrogens with zero attached hydrogens (tertiary/aromatic N) is 1. The van der Waals surface area contributed by atoms with E-state index in [0.29, 0.717) is 13.1 Å². The number of carbonyl (C=O) groups is 2. The molecule has 0 aromatic carbocycles. The topological polar surface area (TPSA) is 77.8 Å². The molecule has 15 heavy (non-hydrogen) atoms. The van der Waals surface area contributed by atoms with E-state index in [1.807, 2.05) is 0 Å². The molecule has 82 valence electrons. The Morgan fingerprint density at radius 2 is 1.47 bits per heavy atom. The zero-order valence-electron chi connectivity index (χ0n) is 8.22. The van der Waals surface area contributed by atoms with Crippen molar-refractivity contribution < 1.29 is 19.8 Å². The van der Waals surface area contributed by atoms with Gasteiger partial charge < -0.3 is 15.1 Å². The van der Waals surface area contributed by atoms with E-state index in [9.17, 15) is 9.59 Å². The summed E-state index contributed by atoms with van der Waals surface area (Å²) in [4.78, 5) is 22.6. The van der Waals surface area contributed by atoms with Gasteiger partial charge in [0.2, 0.25) is 0 Å². The summed E-state index contributed by atoms with van der Waals surface area (Å²) in [5, 5.41) is 17.2. The summed E-state index contributed by atoms with van der Waals surface area (Å²) >= 11 is 0. The smallest absolute Gasteiger partial charge is 0.344 e. The van der Waals surface area contributed by atoms with Crippen LogP contribution in [0, 0.1) is 0 Å². The summed E-state index contributed by atoms with van der Waals surface area (Å²) in [5.41, 5.74) is -0.682. The number of carboxylic acids is 2. The second-order valence-electron chi connectivity index (χ2n) is 2.68. The van der Waals surface area contributed by atoms with Crippen LogP contribution in [0.2, 0.25) is 0 Å². The Kier molecular flexibility index (Phi) is 5.55. The fraction of sp³-hybridized carbons (Fsp3) is 0.200. The minimum absolute atomic E-state index is 0.357. The van der Waals surface area contributed by atoms with Gasteiger partial charge in [-0.3, -0.25) is 0 Å². The highest BCUT2D eigenvalue weighted by molar-refractivity contribution is 6.12. The van der Waals surface area contributed by atoms with Crippen LogP contribution in [0.15, 0.2) is 37.1 Å². The van der Waals surface area contributed by atoms with Gasteiger partial charge in [0.05, 0.1) is 0 Å². The van der Waals surface area contributed by atoms with E-state index in [1.54, 1.807) is 12.2 Å². The molecule has 0 heterocycles. The quantitative estimate of drug-likeness (QED) is 0.281. The molecule has 0 atom stereocenters. The second-order valence-corrected chi connectivity index (χ2v) is 2.68. The van der Waals surface area contributed by atoms with Crippen LogP contribution in [0.4, 0.5) is 0 Å². The molecule has 0 fully saturated rings. The fourth-order valence-electron chi connectivity index (χ4n) is 0.896. The fourth-order valence-corrected chi connectivity index (χ4v) is 0.896. The third-order valence-corrected chi connectivity index (χ3v) is 1.50. The van der Waals surface area contributed by atoms with Gasteiger partial charge in [-0.05, 0) is 0 Å². The predicted octanol–water partition coefficient (Wildman–Crippen LogP) is 0.713. The van der Waals surface area contributed by atoms with Gasteiger partial charge in [0.1, 0.15) is 0 Å². The highest BCUT2D eigenvalue weighted by Crippen LogP contribution is 2.00. The minimum Gasteiger partial charge on any atom is -0.477 e. The lowest BCUT2D eigenvalue weighted by molar-refractivity contribution is -0.140. The van der Waals surface area contributed by atoms with Crippen molar-refractivity contribution in [3.05, 3.63) is 37.1 Å². The van der Waals surface area contributed by atoms with Crippen molar-refractivity contribution in [1.29, 1.82) is 0 Å². The lowest BCUT2D eigenvalue weighted by Gasteiger charge is -2.16. The molecule has 2 N–H and O–H groups in total. The van der Waals surface area contributed by atoms with Crippen molar-refractivity contribution in [1.82, 2.24) is 4.90 Å². The average molecular weight is 211 g/mol. The zero-order chi connectivity index (χ0) is 11.8. The van der Waals surface area contributed by atoms with Crippen LogP contribution in [-0.2, 0) is 9.59 Å². The van der Waals surface area contributed by atoms with Crippen molar-refractivity contribution in [2.75, 3.05) is 13.1 Å². The molecule has 5 nitrogen and oxygen atoms in total. The monoisotopic (exact) mass is 211 g/mol. The molecule has 0 radical (unpaired) electrons.